The van der Waals surface area contributed by atoms with Crippen LogP contribution in [0.3, 0.4) is 0 Å². The van der Waals surface area contributed by atoms with Crippen LogP contribution >= 0.6 is 0 Å². The number of hydrogen-bond acceptors (Lipinski definition) is 6. The third-order valence-corrected chi connectivity index (χ3v) is 3.12. The summed E-state index contributed by atoms with van der Waals surface area (Å²) in [6.07, 6.45) is 0. The molecule has 0 aliphatic carbocycles. The third-order valence-electron chi connectivity index (χ3n) is 3.12. The van der Waals surface area contributed by atoms with E-state index in [1.807, 2.05) is 5.43 Å². The van der Waals surface area contributed by atoms with Gasteiger partial charge in [0.2, 0.25) is 0 Å². The van der Waals surface area contributed by atoms with Crippen LogP contribution in [0.1, 0.15) is 33.2 Å². The number of nitro groups is 1. The molecule has 5 N–H and O–H groups in total. The van der Waals surface area contributed by atoms with Crippen molar-refractivity contribution in [1.29, 1.82) is 0 Å². The number of amides is 2. The Labute approximate surface area is 154 Å². The Hall–Kier alpha value is -3.79. The third kappa shape index (κ3) is 7.32. The average molecular weight is 374 g/mol. The summed E-state index contributed by atoms with van der Waals surface area (Å²) in [6.45, 7) is 1.31. The molecule has 0 radical (unpaired) electrons. The van der Waals surface area contributed by atoms with Gasteiger partial charge in [0, 0.05) is 36.7 Å². The predicted molar refractivity (Wildman–Crippen MR) is 95.7 cm³/mol. The maximum atomic E-state index is 12.0. The van der Waals surface area contributed by atoms with Crippen LogP contribution in [0, 0.1) is 10.1 Å². The van der Waals surface area contributed by atoms with Crippen molar-refractivity contribution in [3.63, 3.8) is 0 Å². The molecule has 0 saturated heterocycles. The van der Waals surface area contributed by atoms with Crippen molar-refractivity contribution in [2.45, 2.75) is 13.5 Å². The molecule has 0 unspecified atom stereocenters. The zero-order valence-corrected chi connectivity index (χ0v) is 14.3. The van der Waals surface area contributed by atoms with Gasteiger partial charge in [-0.25, -0.2) is 5.84 Å². The van der Waals surface area contributed by atoms with E-state index in [4.69, 9.17) is 15.7 Å². The van der Waals surface area contributed by atoms with Gasteiger partial charge in [0.25, 0.3) is 23.5 Å². The van der Waals surface area contributed by atoms with Gasteiger partial charge in [-0.2, -0.15) is 0 Å². The maximum Gasteiger partial charge on any atom is 0.300 e. The van der Waals surface area contributed by atoms with Crippen LogP contribution in [-0.4, -0.2) is 27.8 Å². The molecule has 0 atom stereocenters. The molecular weight excluding hydrogens is 356 g/mol. The van der Waals surface area contributed by atoms with Crippen molar-refractivity contribution in [3.05, 3.63) is 75.3 Å². The molecule has 0 spiro atoms. The quantitative estimate of drug-likeness (QED) is 0.264. The van der Waals surface area contributed by atoms with Crippen LogP contribution in [0.15, 0.2) is 48.5 Å². The highest BCUT2D eigenvalue weighted by Gasteiger charge is 2.11. The number of nitrogens with one attached hydrogen (secondary N) is 2. The number of carbonyl (C=O) groups is 3. The lowest BCUT2D eigenvalue weighted by Gasteiger charge is -2.06. The number of carboxylic acids is 1. The highest BCUT2D eigenvalue weighted by molar-refractivity contribution is 5.95. The van der Waals surface area contributed by atoms with Crippen LogP contribution in [0.5, 0.6) is 0 Å². The van der Waals surface area contributed by atoms with Crippen LogP contribution in [0.4, 0.5) is 5.69 Å². The average Bonchev–Trinajstić information content (AvgIpc) is 2.65. The van der Waals surface area contributed by atoms with Crippen LogP contribution in [0.2, 0.25) is 0 Å². The van der Waals surface area contributed by atoms with E-state index in [1.54, 1.807) is 24.3 Å². The van der Waals surface area contributed by atoms with E-state index in [1.165, 1.54) is 24.3 Å². The molecule has 2 amide bonds. The number of nitrogens with zero attached hydrogens (tertiary/aromatic N) is 1. The first-order chi connectivity index (χ1) is 12.7. The first-order valence-corrected chi connectivity index (χ1v) is 7.56. The van der Waals surface area contributed by atoms with E-state index in [9.17, 15) is 19.7 Å². The summed E-state index contributed by atoms with van der Waals surface area (Å²) in [5.74, 6) is 3.38. The predicted octanol–water partition coefficient (Wildman–Crippen LogP) is 1.22. The smallest absolute Gasteiger partial charge is 0.300 e. The summed E-state index contributed by atoms with van der Waals surface area (Å²) < 4.78 is 0. The molecular formula is C17H18N4O6. The van der Waals surface area contributed by atoms with Gasteiger partial charge >= 0.3 is 0 Å². The molecule has 0 bridgehead atoms. The summed E-state index contributed by atoms with van der Waals surface area (Å²) in [5.41, 5.74) is 3.27. The van der Waals surface area contributed by atoms with Crippen LogP contribution in [0.25, 0.3) is 0 Å². The number of hydrazine groups is 1. The van der Waals surface area contributed by atoms with E-state index >= 15 is 0 Å². The monoisotopic (exact) mass is 374 g/mol. The van der Waals surface area contributed by atoms with Crippen LogP contribution in [-0.2, 0) is 11.3 Å². The summed E-state index contributed by atoms with van der Waals surface area (Å²) in [6, 6.07) is 12.0. The first kappa shape index (κ1) is 21.3. The molecule has 2 rings (SSSR count). The molecule has 142 valence electrons. The zero-order valence-electron chi connectivity index (χ0n) is 14.3. The van der Waals surface area contributed by atoms with Gasteiger partial charge < -0.3 is 10.4 Å². The van der Waals surface area contributed by atoms with Gasteiger partial charge in [-0.15, -0.1) is 0 Å². The van der Waals surface area contributed by atoms with Gasteiger partial charge in [-0.3, -0.25) is 29.9 Å². The van der Waals surface area contributed by atoms with Gasteiger partial charge in [0.1, 0.15) is 0 Å². The van der Waals surface area contributed by atoms with Crippen LogP contribution < -0.4 is 16.6 Å². The van der Waals surface area contributed by atoms with Crippen molar-refractivity contribution in [2.24, 2.45) is 5.84 Å². The lowest BCUT2D eigenvalue weighted by molar-refractivity contribution is -0.384. The molecule has 2 aromatic carbocycles. The largest absolute Gasteiger partial charge is 0.481 e. The lowest BCUT2D eigenvalue weighted by Crippen LogP contribution is -2.30. The molecule has 10 heteroatoms. The number of hydrogen-bond donors (Lipinski definition) is 4. The number of nitrogens with two attached hydrogens (primary N) is 1. The Bertz CT molecular complexity index is 832. The minimum atomic E-state index is -0.833. The molecule has 10 nitrogen and oxygen atoms in total. The molecule has 0 aliphatic rings. The van der Waals surface area contributed by atoms with Crippen molar-refractivity contribution in [3.8, 4) is 0 Å². The molecule has 0 aliphatic heterocycles. The summed E-state index contributed by atoms with van der Waals surface area (Å²) >= 11 is 0. The number of aliphatic carboxylic acids is 1. The Morgan fingerprint density at radius 3 is 2.19 bits per heavy atom. The second-order valence-electron chi connectivity index (χ2n) is 5.18. The Kier molecular flexibility index (Phi) is 8.07. The van der Waals surface area contributed by atoms with Gasteiger partial charge in [0.05, 0.1) is 4.92 Å². The fourth-order valence-corrected chi connectivity index (χ4v) is 1.90. The van der Waals surface area contributed by atoms with Gasteiger partial charge in [-0.1, -0.05) is 18.2 Å². The number of non-ortho nitro benzene ring substituents is 1. The standard InChI is InChI=1S/C15H14N4O4.C2H4O2/c16-18-15(21)11-6-4-10(5-7-11)9-17-14(20)12-2-1-3-13(8-12)19(22)23;1-2(3)4/h1-8H,9,16H2,(H,17,20)(H,18,21);1H3,(H,3,4). The minimum absolute atomic E-state index is 0.144. The molecule has 27 heavy (non-hydrogen) atoms. The van der Waals surface area contributed by atoms with E-state index in [0.717, 1.165) is 12.5 Å². The fourth-order valence-electron chi connectivity index (χ4n) is 1.90. The molecule has 0 aromatic heterocycles. The van der Waals surface area contributed by atoms with Crippen molar-refractivity contribution in [1.82, 2.24) is 10.7 Å². The highest BCUT2D eigenvalue weighted by Crippen LogP contribution is 2.13. The Balaban J connectivity index is 0.000000828. The second kappa shape index (κ2) is 10.3. The lowest BCUT2D eigenvalue weighted by atomic mass is 10.1. The first-order valence-electron chi connectivity index (χ1n) is 7.56. The number of nitro benzene ring substituents is 1. The van der Waals surface area contributed by atoms with Crippen molar-refractivity contribution in [2.75, 3.05) is 0 Å². The minimum Gasteiger partial charge on any atom is -0.481 e. The number of benzene rings is 2. The zero-order chi connectivity index (χ0) is 20.4. The fraction of sp³-hybridized carbons (Fsp3) is 0.118. The summed E-state index contributed by atoms with van der Waals surface area (Å²) in [5, 5.41) is 20.8. The van der Waals surface area contributed by atoms with Gasteiger partial charge in [-0.05, 0) is 23.8 Å². The Morgan fingerprint density at radius 2 is 1.67 bits per heavy atom. The number of rotatable bonds is 5. The summed E-state index contributed by atoms with van der Waals surface area (Å²) in [4.78, 5) is 42.4. The van der Waals surface area contributed by atoms with Gasteiger partial charge in [0.15, 0.2) is 0 Å². The van der Waals surface area contributed by atoms with E-state index < -0.39 is 22.7 Å². The van der Waals surface area contributed by atoms with E-state index in [2.05, 4.69) is 5.32 Å². The van der Waals surface area contributed by atoms with E-state index in [-0.39, 0.29) is 17.8 Å². The summed E-state index contributed by atoms with van der Waals surface area (Å²) in [7, 11) is 0. The van der Waals surface area contributed by atoms with Crippen molar-refractivity contribution >= 4 is 23.5 Å². The SMILES string of the molecule is CC(=O)O.NNC(=O)c1ccc(CNC(=O)c2cccc([N+](=O)[O-])c2)cc1. The number of carboxylic acid groups (broad SMARTS) is 1. The molecule has 2 aromatic rings. The molecule has 0 saturated carbocycles. The van der Waals surface area contributed by atoms with Crippen molar-refractivity contribution < 1.29 is 24.4 Å². The highest BCUT2D eigenvalue weighted by atomic mass is 16.6. The normalized spacial score (nSPS) is 9.41. The molecule has 0 heterocycles. The Morgan fingerprint density at radius 1 is 1.07 bits per heavy atom. The second-order valence-corrected chi connectivity index (χ2v) is 5.18. The molecule has 0 fully saturated rings. The van der Waals surface area contributed by atoms with E-state index in [0.29, 0.717) is 5.56 Å². The maximum absolute atomic E-state index is 12.0. The number of nitrogen functional groups attached to an aromatic ring is 1. The number of carbonyl (C=O) groups excluding carboxylic acids is 2. The topological polar surface area (TPSA) is 165 Å².